The molecular formula is C24H52O4Si. The Bertz CT molecular complexity index is 346. The number of rotatable bonds is 22. The van der Waals surface area contributed by atoms with Gasteiger partial charge in [0.15, 0.2) is 5.79 Å². The van der Waals surface area contributed by atoms with Crippen LogP contribution in [0.3, 0.4) is 0 Å². The highest BCUT2D eigenvalue weighted by Gasteiger charge is 2.43. The number of methoxy groups -OCH3 is 1. The lowest BCUT2D eigenvalue weighted by Crippen LogP contribution is -2.50. The van der Waals surface area contributed by atoms with E-state index in [1.54, 1.807) is 21.3 Å². The summed E-state index contributed by atoms with van der Waals surface area (Å²) in [5, 5.41) is 0. The summed E-state index contributed by atoms with van der Waals surface area (Å²) < 4.78 is 22.8. The predicted octanol–water partition coefficient (Wildman–Crippen LogP) is 7.88. The first-order valence-corrected chi connectivity index (χ1v) is 14.2. The van der Waals surface area contributed by atoms with Gasteiger partial charge in [-0.3, -0.25) is 0 Å². The molecule has 0 rings (SSSR count). The van der Waals surface area contributed by atoms with Crippen molar-refractivity contribution in [3.63, 3.8) is 0 Å². The largest absolute Gasteiger partial charge is 0.502 e. The summed E-state index contributed by atoms with van der Waals surface area (Å²) in [6.07, 6.45) is 22.0. The van der Waals surface area contributed by atoms with Crippen molar-refractivity contribution in [2.75, 3.05) is 21.3 Å². The number of unbranched alkanes of at least 4 members (excludes halogenated alkanes) is 15. The van der Waals surface area contributed by atoms with Crippen molar-refractivity contribution in [2.45, 2.75) is 135 Å². The Balaban J connectivity index is 3.55. The van der Waals surface area contributed by atoms with Gasteiger partial charge in [-0.25, -0.2) is 0 Å². The van der Waals surface area contributed by atoms with Gasteiger partial charge in [0.2, 0.25) is 0 Å². The third-order valence-corrected chi connectivity index (χ3v) is 8.86. The lowest BCUT2D eigenvalue weighted by Gasteiger charge is -2.34. The predicted molar refractivity (Wildman–Crippen MR) is 126 cm³/mol. The van der Waals surface area contributed by atoms with Gasteiger partial charge >= 0.3 is 8.80 Å². The molecule has 0 atom stereocenters. The molecular weight excluding hydrogens is 380 g/mol. The summed E-state index contributed by atoms with van der Waals surface area (Å²) in [5.74, 6) is -0.673. The summed E-state index contributed by atoms with van der Waals surface area (Å²) in [6.45, 7) is 6.09. The maximum absolute atomic E-state index is 6.07. The van der Waals surface area contributed by atoms with E-state index < -0.39 is 14.6 Å². The lowest BCUT2D eigenvalue weighted by atomic mass is 10.0. The molecule has 0 saturated carbocycles. The maximum atomic E-state index is 6.07. The number of hydrogen-bond donors (Lipinski definition) is 0. The summed E-state index contributed by atoms with van der Waals surface area (Å²) in [5.41, 5.74) is 0. The van der Waals surface area contributed by atoms with Crippen molar-refractivity contribution in [3.8, 4) is 0 Å². The molecule has 0 aromatic heterocycles. The molecule has 0 aliphatic heterocycles. The fourth-order valence-electron chi connectivity index (χ4n) is 3.73. The van der Waals surface area contributed by atoms with Crippen LogP contribution < -0.4 is 0 Å². The quantitative estimate of drug-likeness (QED) is 0.0990. The van der Waals surface area contributed by atoms with E-state index >= 15 is 0 Å². The van der Waals surface area contributed by atoms with Crippen molar-refractivity contribution in [1.82, 2.24) is 0 Å². The van der Waals surface area contributed by atoms with E-state index in [0.29, 0.717) is 0 Å². The first-order chi connectivity index (χ1) is 13.9. The highest BCUT2D eigenvalue weighted by Crippen LogP contribution is 2.25. The number of hydrogen-bond acceptors (Lipinski definition) is 4. The summed E-state index contributed by atoms with van der Waals surface area (Å²) >= 11 is 0. The van der Waals surface area contributed by atoms with Gasteiger partial charge in [-0.1, -0.05) is 103 Å². The van der Waals surface area contributed by atoms with Crippen LogP contribution in [0.4, 0.5) is 0 Å². The van der Waals surface area contributed by atoms with Gasteiger partial charge in [-0.15, -0.1) is 0 Å². The van der Waals surface area contributed by atoms with E-state index in [4.69, 9.17) is 18.0 Å². The Labute approximate surface area is 183 Å². The molecule has 0 aliphatic rings. The highest BCUT2D eigenvalue weighted by atomic mass is 28.4. The molecule has 0 aromatic rings. The fraction of sp³-hybridized carbons (Fsp3) is 1.00. The van der Waals surface area contributed by atoms with Gasteiger partial charge in [0.1, 0.15) is 0 Å². The molecule has 0 fully saturated rings. The average molecular weight is 433 g/mol. The number of ether oxygens (including phenoxy) is 1. The molecule has 0 spiro atoms. The third-order valence-electron chi connectivity index (χ3n) is 5.85. The minimum absolute atomic E-state index is 0.673. The molecule has 176 valence electrons. The molecule has 0 bridgehead atoms. The second-order valence-corrected chi connectivity index (χ2v) is 11.7. The zero-order chi connectivity index (χ0) is 21.8. The lowest BCUT2D eigenvalue weighted by molar-refractivity contribution is -0.166. The molecule has 5 heteroatoms. The van der Waals surface area contributed by atoms with Crippen molar-refractivity contribution in [1.29, 1.82) is 0 Å². The van der Waals surface area contributed by atoms with Crippen LogP contribution in [0.1, 0.15) is 124 Å². The van der Waals surface area contributed by atoms with Crippen molar-refractivity contribution < 1.29 is 18.0 Å². The SMILES string of the molecule is CCCCCCCCCCCCCCCCCC[Si](OC)(OC)OC(C)(C)OC. The van der Waals surface area contributed by atoms with E-state index in [1.165, 1.54) is 96.3 Å². The van der Waals surface area contributed by atoms with E-state index in [-0.39, 0.29) is 0 Å². The highest BCUT2D eigenvalue weighted by molar-refractivity contribution is 6.60. The molecule has 0 amide bonds. The summed E-state index contributed by atoms with van der Waals surface area (Å²) in [7, 11) is 2.40. The molecule has 0 heterocycles. The first kappa shape index (κ1) is 29.1. The standard InChI is InChI=1S/C24H52O4Si/c1-7-8-9-10-11-12-13-14-15-16-17-18-19-20-21-22-23-29(26-5,27-6)28-24(2,3)25-4/h7-23H2,1-6H3. The normalized spacial score (nSPS) is 12.6. The summed E-state index contributed by atoms with van der Waals surface area (Å²) in [4.78, 5) is 0. The Morgan fingerprint density at radius 2 is 0.897 bits per heavy atom. The Hall–Kier alpha value is 0.0569. The van der Waals surface area contributed by atoms with Crippen LogP contribution >= 0.6 is 0 Å². The van der Waals surface area contributed by atoms with Crippen LogP contribution in [0.15, 0.2) is 0 Å². The van der Waals surface area contributed by atoms with E-state index in [9.17, 15) is 0 Å². The van der Waals surface area contributed by atoms with Crippen molar-refractivity contribution >= 4 is 8.80 Å². The molecule has 0 unspecified atom stereocenters. The van der Waals surface area contributed by atoms with Crippen LogP contribution in [0, 0.1) is 0 Å². The molecule has 0 N–H and O–H groups in total. The van der Waals surface area contributed by atoms with Crippen LogP contribution in [0.5, 0.6) is 0 Å². The van der Waals surface area contributed by atoms with Crippen LogP contribution in [0.25, 0.3) is 0 Å². The Morgan fingerprint density at radius 3 is 1.21 bits per heavy atom. The second-order valence-electron chi connectivity index (χ2n) is 8.85. The molecule has 0 aliphatic carbocycles. The average Bonchev–Trinajstić information content (AvgIpc) is 2.72. The molecule has 4 nitrogen and oxygen atoms in total. The fourth-order valence-corrected chi connectivity index (χ4v) is 6.09. The van der Waals surface area contributed by atoms with E-state index in [1.807, 2.05) is 13.8 Å². The van der Waals surface area contributed by atoms with Crippen LogP contribution in [-0.2, 0) is 18.0 Å². The van der Waals surface area contributed by atoms with Gasteiger partial charge in [-0.05, 0) is 20.3 Å². The zero-order valence-electron chi connectivity index (χ0n) is 20.7. The molecule has 0 aromatic carbocycles. The van der Waals surface area contributed by atoms with Gasteiger partial charge in [0.05, 0.1) is 0 Å². The molecule has 0 radical (unpaired) electrons. The first-order valence-electron chi connectivity index (χ1n) is 12.3. The van der Waals surface area contributed by atoms with Crippen molar-refractivity contribution in [3.05, 3.63) is 0 Å². The van der Waals surface area contributed by atoms with Crippen molar-refractivity contribution in [2.24, 2.45) is 0 Å². The smallest absolute Gasteiger partial charge is 0.377 e. The van der Waals surface area contributed by atoms with Gasteiger partial charge in [-0.2, -0.15) is 0 Å². The van der Waals surface area contributed by atoms with Crippen LogP contribution in [0.2, 0.25) is 6.04 Å². The van der Waals surface area contributed by atoms with Gasteiger partial charge in [0, 0.05) is 27.4 Å². The zero-order valence-corrected chi connectivity index (χ0v) is 21.7. The Morgan fingerprint density at radius 1 is 0.552 bits per heavy atom. The van der Waals surface area contributed by atoms with Crippen LogP contribution in [-0.4, -0.2) is 35.9 Å². The third kappa shape index (κ3) is 16.4. The maximum Gasteiger partial charge on any atom is 0.502 e. The second kappa shape index (κ2) is 18.8. The summed E-state index contributed by atoms with van der Waals surface area (Å²) in [6, 6.07) is 0.852. The Kier molecular flexibility index (Phi) is 18.8. The minimum Gasteiger partial charge on any atom is -0.377 e. The molecule has 29 heavy (non-hydrogen) atoms. The minimum atomic E-state index is -2.63. The molecule has 0 saturated heterocycles. The topological polar surface area (TPSA) is 36.9 Å². The van der Waals surface area contributed by atoms with Gasteiger partial charge in [0.25, 0.3) is 0 Å². The van der Waals surface area contributed by atoms with E-state index in [0.717, 1.165) is 12.5 Å². The monoisotopic (exact) mass is 432 g/mol. The van der Waals surface area contributed by atoms with E-state index in [2.05, 4.69) is 6.92 Å². The van der Waals surface area contributed by atoms with Gasteiger partial charge < -0.3 is 18.0 Å².